The zero-order chi connectivity index (χ0) is 92.2. The first-order valence-corrected chi connectivity index (χ1v) is 54.6. The van der Waals surface area contributed by atoms with Gasteiger partial charge in [-0.3, -0.25) is 38.4 Å². The molecule has 0 amide bonds. The van der Waals surface area contributed by atoms with Gasteiger partial charge in [-0.15, -0.1) is 0 Å². The van der Waals surface area contributed by atoms with E-state index in [1.807, 2.05) is 0 Å². The molecule has 2 aliphatic rings. The van der Waals surface area contributed by atoms with E-state index in [4.69, 9.17) is 52.1 Å². The number of hydrogen-bond acceptors (Lipinski definition) is 19. The number of unbranched alkanes of at least 4 members (excludes halogenated alkanes) is 64. The number of esters is 8. The van der Waals surface area contributed by atoms with Gasteiger partial charge < -0.3 is 52.1 Å². The predicted molar refractivity (Wildman–Crippen MR) is 514 cm³/mol. The smallest absolute Gasteiger partial charge is 0.308 e. The van der Waals surface area contributed by atoms with E-state index in [9.17, 15) is 24.0 Å². The summed E-state index contributed by atoms with van der Waals surface area (Å²) in [7, 11) is 0. The molecule has 2 rings (SSSR count). The van der Waals surface area contributed by atoms with Gasteiger partial charge in [0.05, 0.1) is 0 Å². The second-order valence-electron chi connectivity index (χ2n) is 37.9. The molecule has 2 fully saturated rings. The maximum atomic E-state index is 15.2. The summed E-state index contributed by atoms with van der Waals surface area (Å²) in [6.45, 7) is 16.6. The molecule has 10 atom stereocenters. The average Bonchev–Trinajstić information content (AvgIpc) is 0.757. The summed E-state index contributed by atoms with van der Waals surface area (Å²) in [6, 6.07) is 0. The van der Waals surface area contributed by atoms with Crippen molar-refractivity contribution in [2.45, 2.75) is 630 Å². The fraction of sp³-hybridized carbons (Fsp3) is 0.926. The highest BCUT2D eigenvalue weighted by atomic mass is 16.8. The lowest BCUT2D eigenvalue weighted by atomic mass is 9.95. The zero-order valence-corrected chi connectivity index (χ0v) is 83.5. The molecule has 19 heteroatoms. The van der Waals surface area contributed by atoms with Gasteiger partial charge in [0.25, 0.3) is 0 Å². The van der Waals surface area contributed by atoms with Gasteiger partial charge in [-0.25, -0.2) is 0 Å². The van der Waals surface area contributed by atoms with Crippen LogP contribution in [0.1, 0.15) is 569 Å². The van der Waals surface area contributed by atoms with Gasteiger partial charge in [0.1, 0.15) is 31.5 Å². The molecule has 0 aliphatic carbocycles. The van der Waals surface area contributed by atoms with Crippen LogP contribution in [-0.4, -0.2) is 122 Å². The standard InChI is InChI=1S/C108H198O19/c1-9-17-25-33-41-49-57-65-73-81-93(109)117-89-91-101(121-95(111)83-75-67-59-51-43-35-27-19-11-3)103(122-96(112)84-76-68-60-52-44-36-28-20-12-4)106(125-99(115)87-79-71-63-55-47-39-31-23-15-7)108(120-91)127-102-92(90-118-94(110)82-74-66-58-50-42-34-26-18-10-2)119-107(126-100(116)88-80-72-64-56-48-40-32-24-16-8)105(124-98(114)86-78-70-62-54-46-38-30-22-14-6)104(102)123-97(113)85-77-69-61-53-45-37-29-21-13-5/h91-92,101-108H,9-90H2,1-8H3/t91-,92-,101-,102-,103+,104+,105-,106-,107+,108-/m1/s1. The van der Waals surface area contributed by atoms with Crippen molar-refractivity contribution in [2.75, 3.05) is 13.2 Å². The summed E-state index contributed by atoms with van der Waals surface area (Å²) in [5.74, 6) is -4.97. The molecule has 0 saturated carbocycles. The van der Waals surface area contributed by atoms with Crippen LogP contribution in [0, 0.1) is 0 Å². The van der Waals surface area contributed by atoms with Crippen molar-refractivity contribution in [3.05, 3.63) is 0 Å². The molecule has 2 aliphatic heterocycles. The Labute approximate surface area is 777 Å². The Morgan fingerprint density at radius 1 is 0.165 bits per heavy atom. The molecule has 127 heavy (non-hydrogen) atoms. The highest BCUT2D eigenvalue weighted by Gasteiger charge is 2.59. The Kier molecular flexibility index (Phi) is 81.3. The molecule has 0 aromatic heterocycles. The molecular weight excluding hydrogens is 1600 g/mol. The normalized spacial score (nSPS) is 18.7. The zero-order valence-electron chi connectivity index (χ0n) is 83.5. The molecule has 744 valence electrons. The molecule has 0 N–H and O–H groups in total. The van der Waals surface area contributed by atoms with Crippen LogP contribution in [0.2, 0.25) is 0 Å². The van der Waals surface area contributed by atoms with E-state index in [-0.39, 0.29) is 51.4 Å². The molecular formula is C108H198O19. The Morgan fingerprint density at radius 3 is 0.551 bits per heavy atom. The van der Waals surface area contributed by atoms with E-state index in [0.29, 0.717) is 51.4 Å². The number of carbonyl (C=O) groups excluding carboxylic acids is 8. The van der Waals surface area contributed by atoms with Gasteiger partial charge in [0, 0.05) is 51.4 Å². The third-order valence-electron chi connectivity index (χ3n) is 25.8. The first-order chi connectivity index (χ1) is 62.2. The summed E-state index contributed by atoms with van der Waals surface area (Å²) >= 11 is 0. The summed E-state index contributed by atoms with van der Waals surface area (Å²) in [5, 5.41) is 0. The molecule has 0 bridgehead atoms. The fourth-order valence-electron chi connectivity index (χ4n) is 17.6. The van der Waals surface area contributed by atoms with Crippen LogP contribution < -0.4 is 0 Å². The van der Waals surface area contributed by atoms with Crippen LogP contribution in [0.4, 0.5) is 0 Å². The fourth-order valence-corrected chi connectivity index (χ4v) is 17.6. The van der Waals surface area contributed by atoms with Crippen molar-refractivity contribution in [1.82, 2.24) is 0 Å². The summed E-state index contributed by atoms with van der Waals surface area (Å²) < 4.78 is 74.1. The molecule has 0 aromatic rings. The summed E-state index contributed by atoms with van der Waals surface area (Å²) in [5.41, 5.74) is 0. The Bertz CT molecular complexity index is 2580. The molecule has 2 heterocycles. The molecule has 0 spiro atoms. The largest absolute Gasteiger partial charge is 0.463 e. The molecule has 0 radical (unpaired) electrons. The Morgan fingerprint density at radius 2 is 0.323 bits per heavy atom. The van der Waals surface area contributed by atoms with Crippen molar-refractivity contribution < 1.29 is 90.5 Å². The van der Waals surface area contributed by atoms with E-state index in [1.165, 1.54) is 128 Å². The van der Waals surface area contributed by atoms with Crippen molar-refractivity contribution in [1.29, 1.82) is 0 Å². The van der Waals surface area contributed by atoms with E-state index >= 15 is 14.4 Å². The number of ether oxygens (including phenoxy) is 11. The number of rotatable bonds is 92. The monoisotopic (exact) mass is 1800 g/mol. The molecule has 0 unspecified atom stereocenters. The molecule has 0 aromatic carbocycles. The van der Waals surface area contributed by atoms with Crippen LogP contribution >= 0.6 is 0 Å². The second-order valence-corrected chi connectivity index (χ2v) is 37.9. The quantitative estimate of drug-likeness (QED) is 0.0312. The lowest BCUT2D eigenvalue weighted by Crippen LogP contribution is -2.67. The van der Waals surface area contributed by atoms with Crippen LogP contribution in [0.5, 0.6) is 0 Å². The SMILES string of the molecule is CCCCCCCCCCCC(=O)OC[C@H]1O[C@H](O[C@H]2[C@H](OC(=O)CCCCCCCCCCC)[C@@H](OC(=O)CCCCCCCCCCC)[C@H](OC(=O)CCCCCCCCCCC)O[C@@H]2COC(=O)CCCCCCCCCCC)[C@H](OC(=O)CCCCCCCCCCC)[C@@H](OC(=O)CCCCCCCCCCC)[C@@H]1OC(=O)CCCCCCCCCCC. The van der Waals surface area contributed by atoms with Crippen LogP contribution in [-0.2, 0) is 90.5 Å². The number of carbonyl (C=O) groups is 8. The predicted octanol–water partition coefficient (Wildman–Crippen LogP) is 30.4. The summed E-state index contributed by atoms with van der Waals surface area (Å²) in [6.07, 6.45) is 55.9. The van der Waals surface area contributed by atoms with E-state index in [0.717, 1.165) is 283 Å². The lowest BCUT2D eigenvalue weighted by Gasteiger charge is -2.48. The summed E-state index contributed by atoms with van der Waals surface area (Å²) in [4.78, 5) is 119. The maximum Gasteiger partial charge on any atom is 0.308 e. The van der Waals surface area contributed by atoms with Gasteiger partial charge in [-0.05, 0) is 51.4 Å². The first kappa shape index (κ1) is 119. The van der Waals surface area contributed by atoms with Gasteiger partial charge in [0.2, 0.25) is 12.4 Å². The van der Waals surface area contributed by atoms with Crippen molar-refractivity contribution >= 4 is 47.8 Å². The first-order valence-electron chi connectivity index (χ1n) is 54.6. The van der Waals surface area contributed by atoms with Crippen molar-refractivity contribution in [3.8, 4) is 0 Å². The van der Waals surface area contributed by atoms with Crippen molar-refractivity contribution in [2.24, 2.45) is 0 Å². The van der Waals surface area contributed by atoms with Gasteiger partial charge in [-0.2, -0.15) is 0 Å². The third-order valence-corrected chi connectivity index (χ3v) is 25.8. The van der Waals surface area contributed by atoms with Crippen LogP contribution in [0.15, 0.2) is 0 Å². The van der Waals surface area contributed by atoms with Crippen LogP contribution in [0.25, 0.3) is 0 Å². The molecule has 19 nitrogen and oxygen atoms in total. The average molecular weight is 1800 g/mol. The van der Waals surface area contributed by atoms with E-state index < -0.39 is 122 Å². The molecule has 2 saturated heterocycles. The Balaban J connectivity index is 3.19. The lowest BCUT2D eigenvalue weighted by molar-refractivity contribution is -0.358. The minimum atomic E-state index is -1.86. The maximum absolute atomic E-state index is 15.2. The third kappa shape index (κ3) is 66.6. The van der Waals surface area contributed by atoms with E-state index in [2.05, 4.69) is 55.4 Å². The van der Waals surface area contributed by atoms with Gasteiger partial charge >= 0.3 is 47.8 Å². The highest BCUT2D eigenvalue weighted by Crippen LogP contribution is 2.38. The topological polar surface area (TPSA) is 238 Å². The minimum absolute atomic E-state index is 0.00746. The van der Waals surface area contributed by atoms with Crippen LogP contribution in [0.3, 0.4) is 0 Å². The highest BCUT2D eigenvalue weighted by molar-refractivity contribution is 5.73. The minimum Gasteiger partial charge on any atom is -0.463 e. The van der Waals surface area contributed by atoms with Gasteiger partial charge in [-0.1, -0.05) is 466 Å². The van der Waals surface area contributed by atoms with E-state index in [1.54, 1.807) is 0 Å². The second kappa shape index (κ2) is 87.0. The van der Waals surface area contributed by atoms with Crippen molar-refractivity contribution in [3.63, 3.8) is 0 Å². The number of hydrogen-bond donors (Lipinski definition) is 0. The van der Waals surface area contributed by atoms with Gasteiger partial charge in [0.15, 0.2) is 30.7 Å². The Hall–Kier alpha value is -4.36.